The van der Waals surface area contributed by atoms with E-state index in [-0.39, 0.29) is 5.41 Å². The van der Waals surface area contributed by atoms with Crippen LogP contribution in [0.25, 0.3) is 11.3 Å². The molecule has 5 heteroatoms. The summed E-state index contributed by atoms with van der Waals surface area (Å²) >= 11 is 0. The minimum Gasteiger partial charge on any atom is -0.356 e. The summed E-state index contributed by atoms with van der Waals surface area (Å²) in [5, 5.41) is 0. The minimum atomic E-state index is -0.124. The van der Waals surface area contributed by atoms with E-state index in [0.717, 1.165) is 56.0 Å². The second-order valence-corrected chi connectivity index (χ2v) is 6.87. The van der Waals surface area contributed by atoms with Crippen molar-refractivity contribution in [3.05, 3.63) is 42.7 Å². The maximum absolute atomic E-state index is 12.4. The normalized spacial score (nSPS) is 20.0. The predicted octanol–water partition coefficient (Wildman–Crippen LogP) is 2.59. The molecule has 0 N–H and O–H groups in total. The first-order valence-electron chi connectivity index (χ1n) is 8.56. The number of benzene rings is 1. The van der Waals surface area contributed by atoms with Gasteiger partial charge in [0, 0.05) is 38.3 Å². The van der Waals surface area contributed by atoms with Crippen LogP contribution in [0.15, 0.2) is 42.7 Å². The van der Waals surface area contributed by atoms with Gasteiger partial charge < -0.3 is 9.80 Å². The Bertz CT molecular complexity index is 738. The number of carbonyl (C=O) groups excluding carboxylic acids is 1. The van der Waals surface area contributed by atoms with Crippen molar-refractivity contribution in [1.82, 2.24) is 14.9 Å². The van der Waals surface area contributed by atoms with Gasteiger partial charge in [-0.25, -0.2) is 9.97 Å². The second-order valence-electron chi connectivity index (χ2n) is 6.87. The fourth-order valence-electron chi connectivity index (χ4n) is 3.91. The van der Waals surface area contributed by atoms with E-state index >= 15 is 0 Å². The van der Waals surface area contributed by atoms with Crippen molar-refractivity contribution < 1.29 is 4.79 Å². The van der Waals surface area contributed by atoms with E-state index < -0.39 is 0 Å². The van der Waals surface area contributed by atoms with Crippen LogP contribution in [0.5, 0.6) is 0 Å². The third-order valence-corrected chi connectivity index (χ3v) is 5.49. The highest BCUT2D eigenvalue weighted by atomic mass is 16.2. The van der Waals surface area contributed by atoms with Gasteiger partial charge in [-0.15, -0.1) is 0 Å². The number of aromatic nitrogens is 2. The van der Waals surface area contributed by atoms with Gasteiger partial charge in [0.25, 0.3) is 0 Å². The van der Waals surface area contributed by atoms with Crippen LogP contribution in [0.3, 0.4) is 0 Å². The minimum absolute atomic E-state index is 0.124. The average molecular weight is 322 g/mol. The van der Waals surface area contributed by atoms with Gasteiger partial charge in [0.15, 0.2) is 0 Å². The number of hydrogen-bond acceptors (Lipinski definition) is 4. The number of hydrogen-bond donors (Lipinski definition) is 0. The van der Waals surface area contributed by atoms with Gasteiger partial charge in [0.05, 0.1) is 11.1 Å². The SMILES string of the molecule is CN1CCC2(CCN(c3cc(-c4ccccc4)ncn3)CC2)C1=O. The maximum Gasteiger partial charge on any atom is 0.228 e. The Labute approximate surface area is 142 Å². The molecule has 1 amide bonds. The summed E-state index contributed by atoms with van der Waals surface area (Å²) in [6.45, 7) is 2.65. The molecule has 2 aliphatic heterocycles. The van der Waals surface area contributed by atoms with Gasteiger partial charge in [0.2, 0.25) is 5.91 Å². The Balaban J connectivity index is 1.51. The van der Waals surface area contributed by atoms with Crippen LogP contribution in [0.2, 0.25) is 0 Å². The van der Waals surface area contributed by atoms with Crippen molar-refractivity contribution in [2.75, 3.05) is 31.6 Å². The lowest BCUT2D eigenvalue weighted by molar-refractivity contribution is -0.135. The zero-order valence-corrected chi connectivity index (χ0v) is 14.0. The largest absolute Gasteiger partial charge is 0.356 e. The smallest absolute Gasteiger partial charge is 0.228 e. The molecule has 2 saturated heterocycles. The maximum atomic E-state index is 12.4. The van der Waals surface area contributed by atoms with E-state index in [1.807, 2.05) is 30.1 Å². The first-order chi connectivity index (χ1) is 11.7. The molecule has 5 nitrogen and oxygen atoms in total. The Hall–Kier alpha value is -2.43. The molecule has 0 aliphatic carbocycles. The molecule has 0 unspecified atom stereocenters. The molecule has 2 aromatic rings. The molecule has 0 saturated carbocycles. The molecule has 124 valence electrons. The van der Waals surface area contributed by atoms with Gasteiger partial charge in [-0.2, -0.15) is 0 Å². The van der Waals surface area contributed by atoms with Crippen molar-refractivity contribution in [2.24, 2.45) is 5.41 Å². The lowest BCUT2D eigenvalue weighted by Crippen LogP contribution is -2.44. The molecule has 0 bridgehead atoms. The van der Waals surface area contributed by atoms with Crippen LogP contribution in [-0.2, 0) is 4.79 Å². The molecule has 4 rings (SSSR count). The zero-order chi connectivity index (χ0) is 16.6. The summed E-state index contributed by atoms with van der Waals surface area (Å²) in [5.74, 6) is 1.28. The molecule has 0 atom stereocenters. The second kappa shape index (κ2) is 5.89. The Morgan fingerprint density at radius 2 is 1.71 bits per heavy atom. The van der Waals surface area contributed by atoms with Crippen molar-refractivity contribution in [3.63, 3.8) is 0 Å². The van der Waals surface area contributed by atoms with Crippen LogP contribution in [0.1, 0.15) is 19.3 Å². The fraction of sp³-hybridized carbons (Fsp3) is 0.421. The first-order valence-corrected chi connectivity index (χ1v) is 8.56. The van der Waals surface area contributed by atoms with Crippen LogP contribution in [0, 0.1) is 5.41 Å². The van der Waals surface area contributed by atoms with Crippen LogP contribution in [-0.4, -0.2) is 47.5 Å². The van der Waals surface area contributed by atoms with E-state index in [4.69, 9.17) is 0 Å². The van der Waals surface area contributed by atoms with E-state index in [0.29, 0.717) is 5.91 Å². The van der Waals surface area contributed by atoms with Crippen molar-refractivity contribution in [3.8, 4) is 11.3 Å². The summed E-state index contributed by atoms with van der Waals surface area (Å²) in [6, 6.07) is 12.2. The van der Waals surface area contributed by atoms with Crippen molar-refractivity contribution in [2.45, 2.75) is 19.3 Å². The number of anilines is 1. The van der Waals surface area contributed by atoms with Gasteiger partial charge in [-0.1, -0.05) is 30.3 Å². The van der Waals surface area contributed by atoms with E-state index in [9.17, 15) is 4.79 Å². The van der Waals surface area contributed by atoms with Gasteiger partial charge in [-0.3, -0.25) is 4.79 Å². The van der Waals surface area contributed by atoms with Crippen molar-refractivity contribution >= 4 is 11.7 Å². The molecule has 1 aromatic heterocycles. The highest BCUT2D eigenvalue weighted by Crippen LogP contribution is 2.41. The van der Waals surface area contributed by atoms with Gasteiger partial charge in [-0.05, 0) is 19.3 Å². The molecule has 24 heavy (non-hydrogen) atoms. The molecule has 3 heterocycles. The standard InChI is InChI=1S/C19H22N4O/c1-22-10-7-19(18(22)24)8-11-23(12-9-19)17-13-16(20-14-21-17)15-5-3-2-4-6-15/h2-6,13-14H,7-12H2,1H3. The summed E-state index contributed by atoms with van der Waals surface area (Å²) in [4.78, 5) is 25.5. The highest BCUT2D eigenvalue weighted by Gasteiger charge is 2.46. The number of rotatable bonds is 2. The third-order valence-electron chi connectivity index (χ3n) is 5.49. The zero-order valence-electron chi connectivity index (χ0n) is 14.0. The summed E-state index contributed by atoms with van der Waals surface area (Å²) in [7, 11) is 1.92. The highest BCUT2D eigenvalue weighted by molar-refractivity contribution is 5.85. The van der Waals surface area contributed by atoms with Crippen LogP contribution >= 0.6 is 0 Å². The predicted molar refractivity (Wildman–Crippen MR) is 93.6 cm³/mol. The fourth-order valence-corrected chi connectivity index (χ4v) is 3.91. The number of carbonyl (C=O) groups is 1. The molecule has 1 spiro atoms. The van der Waals surface area contributed by atoms with Crippen LogP contribution < -0.4 is 4.90 Å². The molecule has 2 aliphatic rings. The van der Waals surface area contributed by atoms with Gasteiger partial charge in [0.1, 0.15) is 12.1 Å². The number of amides is 1. The lowest BCUT2D eigenvalue weighted by Gasteiger charge is -2.38. The van der Waals surface area contributed by atoms with Crippen LogP contribution in [0.4, 0.5) is 5.82 Å². The number of piperidine rings is 1. The topological polar surface area (TPSA) is 49.3 Å². The summed E-state index contributed by atoms with van der Waals surface area (Å²) in [5.41, 5.74) is 1.92. The monoisotopic (exact) mass is 322 g/mol. The molecule has 1 aromatic carbocycles. The number of nitrogens with zero attached hydrogens (tertiary/aromatic N) is 4. The van der Waals surface area contributed by atoms with Gasteiger partial charge >= 0.3 is 0 Å². The summed E-state index contributed by atoms with van der Waals surface area (Å²) < 4.78 is 0. The molecular formula is C19H22N4O. The Morgan fingerprint density at radius 1 is 1.00 bits per heavy atom. The molecular weight excluding hydrogens is 300 g/mol. The molecule has 2 fully saturated rings. The Morgan fingerprint density at radius 3 is 2.38 bits per heavy atom. The van der Waals surface area contributed by atoms with Crippen molar-refractivity contribution in [1.29, 1.82) is 0 Å². The van der Waals surface area contributed by atoms with E-state index in [1.165, 1.54) is 0 Å². The number of likely N-dealkylation sites (tertiary alicyclic amines) is 1. The third kappa shape index (κ3) is 2.54. The quantitative estimate of drug-likeness (QED) is 0.853. The average Bonchev–Trinajstić information content (AvgIpc) is 2.92. The Kier molecular flexibility index (Phi) is 3.71. The molecule has 0 radical (unpaired) electrons. The van der Waals surface area contributed by atoms with E-state index in [1.54, 1.807) is 6.33 Å². The summed E-state index contributed by atoms with van der Waals surface area (Å²) in [6.07, 6.45) is 4.47. The lowest BCUT2D eigenvalue weighted by atomic mass is 9.77. The van der Waals surface area contributed by atoms with E-state index in [2.05, 4.69) is 33.1 Å². The first kappa shape index (κ1) is 15.1.